The molecule has 20 heavy (non-hydrogen) atoms. The smallest absolute Gasteiger partial charge is 0.303 e. The number of aliphatic carboxylic acids is 1. The number of rotatable bonds is 6. The Morgan fingerprint density at radius 1 is 1.45 bits per heavy atom. The number of benzene rings is 1. The predicted octanol–water partition coefficient (Wildman–Crippen LogP) is 4.13. The Bertz CT molecular complexity index is 633. The first-order valence-corrected chi connectivity index (χ1v) is 7.62. The molecule has 0 atom stereocenters. The molecule has 0 aliphatic heterocycles. The maximum atomic E-state index is 10.4. The van der Waals surface area contributed by atoms with Gasteiger partial charge in [-0.3, -0.25) is 9.78 Å². The molecule has 0 radical (unpaired) electrons. The van der Waals surface area contributed by atoms with E-state index in [1.54, 1.807) is 6.20 Å². The molecule has 2 rings (SSSR count). The lowest BCUT2D eigenvalue weighted by atomic mass is 10.2. The van der Waals surface area contributed by atoms with Crippen LogP contribution in [-0.2, 0) is 4.79 Å². The molecule has 2 aromatic rings. The highest BCUT2D eigenvalue weighted by Gasteiger charge is 2.11. The summed E-state index contributed by atoms with van der Waals surface area (Å²) in [7, 11) is 0. The van der Waals surface area contributed by atoms with Gasteiger partial charge in [-0.2, -0.15) is 0 Å². The van der Waals surface area contributed by atoms with Crippen LogP contribution in [0.5, 0.6) is 5.75 Å². The molecule has 1 heterocycles. The van der Waals surface area contributed by atoms with Gasteiger partial charge in [0.25, 0.3) is 0 Å². The molecule has 1 N–H and O–H groups in total. The molecule has 0 amide bonds. The van der Waals surface area contributed by atoms with Crippen molar-refractivity contribution in [3.8, 4) is 5.75 Å². The van der Waals surface area contributed by atoms with Crippen LogP contribution in [0.4, 0.5) is 0 Å². The van der Waals surface area contributed by atoms with Gasteiger partial charge < -0.3 is 9.84 Å². The van der Waals surface area contributed by atoms with Crippen molar-refractivity contribution in [3.63, 3.8) is 0 Å². The van der Waals surface area contributed by atoms with Crippen molar-refractivity contribution in [2.24, 2.45) is 0 Å². The van der Waals surface area contributed by atoms with Crippen LogP contribution in [0.3, 0.4) is 0 Å². The average Bonchev–Trinajstić information content (AvgIpc) is 2.41. The van der Waals surface area contributed by atoms with Crippen molar-refractivity contribution in [1.29, 1.82) is 0 Å². The van der Waals surface area contributed by atoms with Gasteiger partial charge in [-0.1, -0.05) is 11.6 Å². The Balaban J connectivity index is 2.11. The quantitative estimate of drug-likeness (QED) is 0.580. The molecule has 0 saturated carbocycles. The van der Waals surface area contributed by atoms with Crippen LogP contribution in [0.2, 0.25) is 5.02 Å². The molecule has 106 valence electrons. The zero-order valence-electron chi connectivity index (χ0n) is 10.6. The van der Waals surface area contributed by atoms with Gasteiger partial charge in [0.1, 0.15) is 5.52 Å². The minimum Gasteiger partial charge on any atom is -0.490 e. The molecule has 0 saturated heterocycles. The van der Waals surface area contributed by atoms with E-state index in [1.807, 2.05) is 18.2 Å². The number of hydrogen-bond acceptors (Lipinski definition) is 3. The third-order valence-corrected chi connectivity index (χ3v) is 3.90. The summed E-state index contributed by atoms with van der Waals surface area (Å²) in [5.41, 5.74) is 0.739. The van der Waals surface area contributed by atoms with Crippen LogP contribution < -0.4 is 4.74 Å². The maximum absolute atomic E-state index is 10.4. The zero-order valence-corrected chi connectivity index (χ0v) is 13.5. The summed E-state index contributed by atoms with van der Waals surface area (Å²) in [4.78, 5) is 14.8. The highest BCUT2D eigenvalue weighted by molar-refractivity contribution is 14.1. The van der Waals surface area contributed by atoms with Gasteiger partial charge in [0.2, 0.25) is 0 Å². The lowest BCUT2D eigenvalue weighted by molar-refractivity contribution is -0.137. The molecule has 1 aromatic heterocycles. The van der Waals surface area contributed by atoms with Gasteiger partial charge in [0, 0.05) is 18.0 Å². The highest BCUT2D eigenvalue weighted by atomic mass is 127. The molecule has 0 aliphatic rings. The van der Waals surface area contributed by atoms with Crippen LogP contribution >= 0.6 is 34.2 Å². The van der Waals surface area contributed by atoms with Crippen molar-refractivity contribution >= 4 is 51.1 Å². The van der Waals surface area contributed by atoms with Crippen molar-refractivity contribution in [3.05, 3.63) is 33.0 Å². The van der Waals surface area contributed by atoms with Crippen LogP contribution in [0, 0.1) is 3.57 Å². The normalized spacial score (nSPS) is 10.7. The van der Waals surface area contributed by atoms with E-state index in [9.17, 15) is 4.79 Å². The molecular formula is C14H13ClINO3. The van der Waals surface area contributed by atoms with Gasteiger partial charge in [0.05, 0.1) is 15.2 Å². The molecule has 0 spiro atoms. The van der Waals surface area contributed by atoms with Crippen molar-refractivity contribution in [2.45, 2.75) is 19.3 Å². The first kappa shape index (κ1) is 15.3. The van der Waals surface area contributed by atoms with Gasteiger partial charge in [-0.05, 0) is 53.6 Å². The van der Waals surface area contributed by atoms with Gasteiger partial charge in [-0.15, -0.1) is 0 Å². The summed E-state index contributed by atoms with van der Waals surface area (Å²) in [5.74, 6) is -0.0703. The van der Waals surface area contributed by atoms with E-state index >= 15 is 0 Å². The van der Waals surface area contributed by atoms with E-state index < -0.39 is 5.97 Å². The molecule has 0 bridgehead atoms. The molecule has 6 heteroatoms. The van der Waals surface area contributed by atoms with E-state index in [2.05, 4.69) is 27.6 Å². The summed E-state index contributed by atoms with van der Waals surface area (Å²) < 4.78 is 6.67. The van der Waals surface area contributed by atoms with Crippen LogP contribution in [0.1, 0.15) is 19.3 Å². The summed E-state index contributed by atoms with van der Waals surface area (Å²) in [6, 6.07) is 5.58. The number of aromatic nitrogens is 1. The second kappa shape index (κ2) is 7.08. The van der Waals surface area contributed by atoms with E-state index in [4.69, 9.17) is 21.4 Å². The number of carbonyl (C=O) groups is 1. The topological polar surface area (TPSA) is 59.4 Å². The molecule has 1 aromatic carbocycles. The third kappa shape index (κ3) is 3.73. The fourth-order valence-corrected chi connectivity index (χ4v) is 3.00. The first-order chi connectivity index (χ1) is 9.59. The van der Waals surface area contributed by atoms with E-state index in [0.717, 1.165) is 14.5 Å². The summed E-state index contributed by atoms with van der Waals surface area (Å²) in [6.45, 7) is 0.469. The Kier molecular flexibility index (Phi) is 5.42. The standard InChI is InChI=1S/C14H13ClINO3/c15-10-8-11(16)14(13-9(10)4-3-6-17-13)20-7-2-1-5-12(18)19/h3-4,6,8H,1-2,5,7H2,(H,18,19). The zero-order chi connectivity index (χ0) is 14.5. The van der Waals surface area contributed by atoms with E-state index in [1.165, 1.54) is 0 Å². The van der Waals surface area contributed by atoms with Gasteiger partial charge >= 0.3 is 5.97 Å². The Morgan fingerprint density at radius 2 is 2.25 bits per heavy atom. The van der Waals surface area contributed by atoms with Crippen LogP contribution in [0.25, 0.3) is 10.9 Å². The maximum Gasteiger partial charge on any atom is 0.303 e. The summed E-state index contributed by atoms with van der Waals surface area (Å²) in [6.07, 6.45) is 3.16. The second-order valence-corrected chi connectivity index (χ2v) is 5.84. The van der Waals surface area contributed by atoms with Gasteiger partial charge in [0.15, 0.2) is 5.75 Å². The Labute approximate surface area is 135 Å². The number of carboxylic acids is 1. The Morgan fingerprint density at radius 3 is 3.00 bits per heavy atom. The van der Waals surface area contributed by atoms with Crippen molar-refractivity contribution in [1.82, 2.24) is 4.98 Å². The number of carboxylic acid groups (broad SMARTS) is 1. The number of fused-ring (bicyclic) bond motifs is 1. The number of ether oxygens (including phenoxy) is 1. The van der Waals surface area contributed by atoms with Crippen LogP contribution in [-0.4, -0.2) is 22.7 Å². The van der Waals surface area contributed by atoms with E-state index in [-0.39, 0.29) is 6.42 Å². The lowest BCUT2D eigenvalue weighted by Crippen LogP contribution is -2.02. The first-order valence-electron chi connectivity index (χ1n) is 6.17. The third-order valence-electron chi connectivity index (χ3n) is 2.78. The number of hydrogen-bond donors (Lipinski definition) is 1. The largest absolute Gasteiger partial charge is 0.490 e. The highest BCUT2D eigenvalue weighted by Crippen LogP contribution is 2.34. The monoisotopic (exact) mass is 405 g/mol. The van der Waals surface area contributed by atoms with Crippen molar-refractivity contribution < 1.29 is 14.6 Å². The minimum absolute atomic E-state index is 0.167. The predicted molar refractivity (Wildman–Crippen MR) is 86.5 cm³/mol. The SMILES string of the molecule is O=C(O)CCCCOc1c(I)cc(Cl)c2cccnc12. The molecular weight excluding hydrogens is 393 g/mol. The number of nitrogens with zero attached hydrogens (tertiary/aromatic N) is 1. The number of halogens is 2. The van der Waals surface area contributed by atoms with Crippen LogP contribution in [0.15, 0.2) is 24.4 Å². The lowest BCUT2D eigenvalue weighted by Gasteiger charge is -2.11. The molecule has 4 nitrogen and oxygen atoms in total. The summed E-state index contributed by atoms with van der Waals surface area (Å²) in [5, 5.41) is 10.1. The molecule has 0 unspecified atom stereocenters. The molecule has 0 aliphatic carbocycles. The number of pyridine rings is 1. The molecule has 0 fully saturated rings. The Hall–Kier alpha value is -1.08. The minimum atomic E-state index is -0.779. The van der Waals surface area contributed by atoms with Crippen molar-refractivity contribution in [2.75, 3.05) is 6.61 Å². The van der Waals surface area contributed by atoms with Gasteiger partial charge in [-0.25, -0.2) is 0 Å². The summed E-state index contributed by atoms with van der Waals surface area (Å²) >= 11 is 8.35. The average molecular weight is 406 g/mol. The fraction of sp³-hybridized carbons (Fsp3) is 0.286. The fourth-order valence-electron chi connectivity index (χ4n) is 1.84. The second-order valence-electron chi connectivity index (χ2n) is 4.27. The van der Waals surface area contributed by atoms with E-state index in [0.29, 0.717) is 30.2 Å². The number of unbranched alkanes of at least 4 members (excludes halogenated alkanes) is 1.